The van der Waals surface area contributed by atoms with Crippen LogP contribution in [0.4, 0.5) is 5.69 Å². The number of nitrogens with one attached hydrogen (secondary N) is 1. The van der Waals surface area contributed by atoms with Gasteiger partial charge in [0.25, 0.3) is 5.91 Å². The summed E-state index contributed by atoms with van der Waals surface area (Å²) in [6, 6.07) is 11.6. The van der Waals surface area contributed by atoms with Crippen molar-refractivity contribution in [2.75, 3.05) is 24.2 Å². The molecule has 7 nitrogen and oxygen atoms in total. The predicted octanol–water partition coefficient (Wildman–Crippen LogP) is 3.54. The van der Waals surface area contributed by atoms with E-state index in [1.54, 1.807) is 47.4 Å². The van der Waals surface area contributed by atoms with Gasteiger partial charge in [-0.25, -0.2) is 21.6 Å². The van der Waals surface area contributed by atoms with Crippen LogP contribution < -0.4 is 9.62 Å². The Bertz CT molecular complexity index is 1220. The molecule has 0 radical (unpaired) electrons. The van der Waals surface area contributed by atoms with Crippen molar-refractivity contribution in [3.63, 3.8) is 0 Å². The zero-order valence-corrected chi connectivity index (χ0v) is 21.0. The zero-order valence-electron chi connectivity index (χ0n) is 19.4. The van der Waals surface area contributed by atoms with E-state index in [1.807, 2.05) is 0 Å². The first-order chi connectivity index (χ1) is 15.5. The maximum Gasteiger partial charge on any atom is 0.258 e. The smallest absolute Gasteiger partial charge is 0.258 e. The summed E-state index contributed by atoms with van der Waals surface area (Å²) in [7, 11) is -5.57. The number of hydrogen-bond acceptors (Lipinski definition) is 5. The van der Waals surface area contributed by atoms with Gasteiger partial charge in [0.05, 0.1) is 16.4 Å². The molecule has 1 aliphatic heterocycles. The van der Waals surface area contributed by atoms with E-state index in [0.29, 0.717) is 47.0 Å². The molecule has 0 bridgehead atoms. The number of carbonyl (C=O) groups is 1. The van der Waals surface area contributed by atoms with E-state index in [9.17, 15) is 21.6 Å². The number of carbonyl (C=O) groups excluding carboxylic acids is 1. The Morgan fingerprint density at radius 1 is 1.06 bits per heavy atom. The number of unbranched alkanes of at least 4 members (excludes halogenated alkanes) is 1. The minimum absolute atomic E-state index is 0.120. The van der Waals surface area contributed by atoms with Gasteiger partial charge in [-0.05, 0) is 61.2 Å². The normalized spacial score (nSPS) is 14.0. The fraction of sp³-hybridized carbons (Fsp3) is 0.458. The van der Waals surface area contributed by atoms with Crippen LogP contribution >= 0.6 is 0 Å². The molecule has 33 heavy (non-hydrogen) atoms. The Kier molecular flexibility index (Phi) is 7.97. The highest BCUT2D eigenvalue weighted by atomic mass is 32.2. The Morgan fingerprint density at radius 3 is 2.48 bits per heavy atom. The molecule has 1 N–H and O–H groups in total. The molecule has 1 heterocycles. The lowest BCUT2D eigenvalue weighted by molar-refractivity contribution is 0.0988. The van der Waals surface area contributed by atoms with Gasteiger partial charge in [0, 0.05) is 17.8 Å². The Hall–Kier alpha value is -2.23. The van der Waals surface area contributed by atoms with Crippen LogP contribution in [0.5, 0.6) is 0 Å². The summed E-state index contributed by atoms with van der Waals surface area (Å²) >= 11 is 0. The number of sulfone groups is 1. The highest BCUT2D eigenvalue weighted by molar-refractivity contribution is 7.91. The van der Waals surface area contributed by atoms with Crippen molar-refractivity contribution in [3.8, 4) is 0 Å². The molecular formula is C24H32N2O5S2. The summed E-state index contributed by atoms with van der Waals surface area (Å²) in [6.07, 6.45) is 3.07. The molecule has 2 aromatic rings. The fourth-order valence-electron chi connectivity index (χ4n) is 4.02. The average molecular weight is 493 g/mol. The molecular weight excluding hydrogens is 460 g/mol. The summed E-state index contributed by atoms with van der Waals surface area (Å²) in [6.45, 7) is 4.67. The van der Waals surface area contributed by atoms with E-state index in [2.05, 4.69) is 18.6 Å². The lowest BCUT2D eigenvalue weighted by Gasteiger charge is -2.19. The third-order valence-corrected chi connectivity index (χ3v) is 9.01. The summed E-state index contributed by atoms with van der Waals surface area (Å²) < 4.78 is 51.9. The fourth-order valence-corrected chi connectivity index (χ4v) is 6.24. The van der Waals surface area contributed by atoms with Gasteiger partial charge in [-0.3, -0.25) is 4.79 Å². The minimum Gasteiger partial charge on any atom is -0.308 e. The molecule has 0 fully saturated rings. The summed E-state index contributed by atoms with van der Waals surface area (Å²) in [5.74, 6) is 0.0915. The monoisotopic (exact) mass is 492 g/mol. The van der Waals surface area contributed by atoms with Crippen LogP contribution in [0.2, 0.25) is 0 Å². The molecule has 0 saturated heterocycles. The first-order valence-corrected chi connectivity index (χ1v) is 14.5. The maximum atomic E-state index is 13.3. The third kappa shape index (κ3) is 6.22. The lowest BCUT2D eigenvalue weighted by Crippen LogP contribution is -2.30. The van der Waals surface area contributed by atoms with E-state index >= 15 is 0 Å². The molecule has 1 aliphatic rings. The van der Waals surface area contributed by atoms with Gasteiger partial charge in [0.2, 0.25) is 10.0 Å². The summed E-state index contributed by atoms with van der Waals surface area (Å²) in [5.41, 5.74) is 2.23. The number of hydrogen-bond donors (Lipinski definition) is 1. The van der Waals surface area contributed by atoms with Crippen molar-refractivity contribution in [1.82, 2.24) is 4.72 Å². The summed E-state index contributed by atoms with van der Waals surface area (Å²) in [5, 5.41) is 0. The van der Waals surface area contributed by atoms with Gasteiger partial charge in [-0.2, -0.15) is 0 Å². The number of fused-ring (bicyclic) bond motifs is 1. The molecule has 1 amide bonds. The van der Waals surface area contributed by atoms with Crippen molar-refractivity contribution < 1.29 is 21.6 Å². The van der Waals surface area contributed by atoms with Crippen molar-refractivity contribution in [3.05, 3.63) is 59.2 Å². The largest absolute Gasteiger partial charge is 0.308 e. The van der Waals surface area contributed by atoms with Gasteiger partial charge in [0.1, 0.15) is 0 Å². The van der Waals surface area contributed by atoms with Crippen molar-refractivity contribution in [2.24, 2.45) is 5.92 Å². The number of nitrogens with zero attached hydrogens (tertiary/aromatic N) is 1. The number of benzene rings is 2. The van der Waals surface area contributed by atoms with Gasteiger partial charge in [-0.15, -0.1) is 0 Å². The number of rotatable bonds is 10. The van der Waals surface area contributed by atoms with Gasteiger partial charge >= 0.3 is 0 Å². The predicted molar refractivity (Wildman–Crippen MR) is 131 cm³/mol. The molecule has 0 aliphatic carbocycles. The molecule has 2 aromatic carbocycles. The van der Waals surface area contributed by atoms with E-state index in [-0.39, 0.29) is 17.4 Å². The van der Waals surface area contributed by atoms with E-state index in [4.69, 9.17) is 0 Å². The van der Waals surface area contributed by atoms with Crippen molar-refractivity contribution in [2.45, 2.75) is 50.2 Å². The molecule has 9 heteroatoms. The SMILES string of the molecule is CNS(=O)(=O)Cc1ccccc1C(=O)N1CCc2cc(S(=O)(=O)CCCCC(C)C)ccc21. The second kappa shape index (κ2) is 10.4. The third-order valence-electron chi connectivity index (χ3n) is 5.90. The topological polar surface area (TPSA) is 101 Å². The molecule has 0 unspecified atom stereocenters. The first kappa shape index (κ1) is 25.4. The van der Waals surface area contributed by atoms with Crippen LogP contribution in [0.25, 0.3) is 0 Å². The Balaban J connectivity index is 1.80. The van der Waals surface area contributed by atoms with Crippen LogP contribution in [0, 0.1) is 5.92 Å². The van der Waals surface area contributed by atoms with Crippen LogP contribution in [0.3, 0.4) is 0 Å². The number of sulfonamides is 1. The van der Waals surface area contributed by atoms with Crippen LogP contribution in [-0.4, -0.2) is 42.1 Å². The second-order valence-corrected chi connectivity index (χ2v) is 12.9. The quantitative estimate of drug-likeness (QED) is 0.511. The van der Waals surface area contributed by atoms with Crippen LogP contribution in [-0.2, 0) is 32.0 Å². The number of amides is 1. The first-order valence-electron chi connectivity index (χ1n) is 11.2. The van der Waals surface area contributed by atoms with Crippen LogP contribution in [0.15, 0.2) is 47.4 Å². The van der Waals surface area contributed by atoms with Gasteiger partial charge in [-0.1, -0.05) is 44.9 Å². The standard InChI is InChI=1S/C24H32N2O5S2/c1-18(2)8-6-7-15-32(28,29)21-11-12-23-19(16-21)13-14-26(23)24(27)22-10-5-4-9-20(22)17-33(30,31)25-3/h4-5,9-12,16,18,25H,6-8,13-15,17H2,1-3H3. The van der Waals surface area contributed by atoms with Crippen LogP contribution in [0.1, 0.15) is 54.6 Å². The van der Waals surface area contributed by atoms with Crippen molar-refractivity contribution in [1.29, 1.82) is 0 Å². The van der Waals surface area contributed by atoms with Crippen molar-refractivity contribution >= 4 is 31.5 Å². The average Bonchev–Trinajstić information content (AvgIpc) is 3.20. The van der Waals surface area contributed by atoms with Gasteiger partial charge in [0.15, 0.2) is 9.84 Å². The maximum absolute atomic E-state index is 13.3. The Labute approximate surface area is 197 Å². The molecule has 0 saturated carbocycles. The molecule has 3 rings (SSSR count). The second-order valence-electron chi connectivity index (χ2n) is 8.83. The van der Waals surface area contributed by atoms with E-state index in [0.717, 1.165) is 18.4 Å². The zero-order chi connectivity index (χ0) is 24.2. The van der Waals surface area contributed by atoms with E-state index in [1.165, 1.54) is 7.05 Å². The minimum atomic E-state index is -3.54. The number of anilines is 1. The molecule has 180 valence electrons. The highest BCUT2D eigenvalue weighted by Crippen LogP contribution is 2.32. The highest BCUT2D eigenvalue weighted by Gasteiger charge is 2.29. The summed E-state index contributed by atoms with van der Waals surface area (Å²) in [4.78, 5) is 15.2. The lowest BCUT2D eigenvalue weighted by atomic mass is 10.1. The Morgan fingerprint density at radius 2 is 1.79 bits per heavy atom. The molecule has 0 spiro atoms. The van der Waals surface area contributed by atoms with Gasteiger partial charge < -0.3 is 4.90 Å². The van der Waals surface area contributed by atoms with E-state index < -0.39 is 19.9 Å². The molecule has 0 aromatic heterocycles. The molecule has 0 atom stereocenters.